The van der Waals surface area contributed by atoms with E-state index >= 15 is 0 Å². The Morgan fingerprint density at radius 2 is 1.76 bits per heavy atom. The lowest BCUT2D eigenvalue weighted by molar-refractivity contribution is -0.142. The summed E-state index contributed by atoms with van der Waals surface area (Å²) in [4.78, 5) is 22.0. The number of rotatable bonds is 10. The van der Waals surface area contributed by atoms with Crippen LogP contribution in [0.5, 0.6) is 0 Å². The van der Waals surface area contributed by atoms with Crippen LogP contribution in [0, 0.1) is 11.8 Å². The van der Waals surface area contributed by atoms with Crippen LogP contribution >= 0.6 is 23.5 Å². The fourth-order valence-corrected chi connectivity index (χ4v) is 5.53. The monoisotopic (exact) mass is 334 g/mol. The Hall–Kier alpha value is -0.360. The molecule has 0 aromatic rings. The summed E-state index contributed by atoms with van der Waals surface area (Å²) in [5.74, 6) is 2.52. The van der Waals surface area contributed by atoms with Crippen LogP contribution in [0.3, 0.4) is 0 Å². The predicted molar refractivity (Wildman–Crippen MR) is 88.5 cm³/mol. The molecule has 0 spiro atoms. The Morgan fingerprint density at radius 3 is 2.24 bits per heavy atom. The van der Waals surface area contributed by atoms with Crippen LogP contribution in [0.25, 0.3) is 0 Å². The highest BCUT2D eigenvalue weighted by molar-refractivity contribution is 8.17. The zero-order valence-corrected chi connectivity index (χ0v) is 14.9. The van der Waals surface area contributed by atoms with Gasteiger partial charge in [-0.2, -0.15) is 0 Å². The van der Waals surface area contributed by atoms with Gasteiger partial charge in [0.05, 0.1) is 11.2 Å². The first-order chi connectivity index (χ1) is 9.99. The fourth-order valence-electron chi connectivity index (χ4n) is 2.50. The number of hydrogen-bond donors (Lipinski definition) is 0. The second-order valence-corrected chi connectivity index (χ2v) is 8.25. The molecule has 4 nitrogen and oxygen atoms in total. The summed E-state index contributed by atoms with van der Waals surface area (Å²) in [7, 11) is 0. The molecule has 6 heteroatoms. The maximum Gasteiger partial charge on any atom is 0.302 e. The van der Waals surface area contributed by atoms with Crippen LogP contribution in [0.15, 0.2) is 0 Å². The molecular weight excluding hydrogens is 308 g/mol. The molecule has 0 aromatic carbocycles. The van der Waals surface area contributed by atoms with Crippen LogP contribution in [-0.2, 0) is 19.1 Å². The molecule has 1 aliphatic carbocycles. The lowest BCUT2D eigenvalue weighted by Gasteiger charge is -2.26. The first-order valence-electron chi connectivity index (χ1n) is 7.53. The third-order valence-corrected chi connectivity index (χ3v) is 6.25. The van der Waals surface area contributed by atoms with Crippen LogP contribution in [0.4, 0.5) is 0 Å². The minimum Gasteiger partial charge on any atom is -0.466 e. The van der Waals surface area contributed by atoms with Crippen molar-refractivity contribution in [2.45, 2.75) is 51.2 Å². The van der Waals surface area contributed by atoms with Gasteiger partial charge in [-0.1, -0.05) is 13.8 Å². The van der Waals surface area contributed by atoms with E-state index in [4.69, 9.17) is 9.47 Å². The van der Waals surface area contributed by atoms with Crippen molar-refractivity contribution in [2.75, 3.05) is 18.1 Å². The molecule has 1 saturated carbocycles. The van der Waals surface area contributed by atoms with Crippen molar-refractivity contribution in [3.63, 3.8) is 0 Å². The Balaban J connectivity index is 2.60. The lowest BCUT2D eigenvalue weighted by atomic mass is 10.0. The van der Waals surface area contributed by atoms with Crippen molar-refractivity contribution >= 4 is 35.5 Å². The number of esters is 2. The van der Waals surface area contributed by atoms with Crippen LogP contribution < -0.4 is 0 Å². The lowest BCUT2D eigenvalue weighted by Crippen LogP contribution is -2.22. The highest BCUT2D eigenvalue weighted by Crippen LogP contribution is 2.48. The Bertz CT molecular complexity index is 343. The molecule has 0 heterocycles. The topological polar surface area (TPSA) is 52.6 Å². The van der Waals surface area contributed by atoms with E-state index in [-0.39, 0.29) is 18.0 Å². The first-order valence-corrected chi connectivity index (χ1v) is 9.63. The van der Waals surface area contributed by atoms with Crippen LogP contribution in [0.1, 0.15) is 40.5 Å². The van der Waals surface area contributed by atoms with Gasteiger partial charge in [0.25, 0.3) is 0 Å². The summed E-state index contributed by atoms with van der Waals surface area (Å²) in [6, 6.07) is 0. The summed E-state index contributed by atoms with van der Waals surface area (Å²) in [6.45, 7) is 7.67. The van der Waals surface area contributed by atoms with Crippen molar-refractivity contribution in [2.24, 2.45) is 11.8 Å². The maximum atomic E-state index is 11.1. The van der Waals surface area contributed by atoms with E-state index in [9.17, 15) is 9.59 Å². The Kier molecular flexibility index (Phi) is 8.56. The van der Waals surface area contributed by atoms with Crippen LogP contribution in [-0.4, -0.2) is 40.7 Å². The van der Waals surface area contributed by atoms with E-state index in [2.05, 4.69) is 13.8 Å². The van der Waals surface area contributed by atoms with Crippen molar-refractivity contribution in [1.29, 1.82) is 0 Å². The molecule has 21 heavy (non-hydrogen) atoms. The maximum absolute atomic E-state index is 11.1. The fraction of sp³-hybridized carbons (Fsp3) is 0.867. The normalized spacial score (nSPS) is 22.0. The second kappa shape index (κ2) is 9.62. The predicted octanol–water partition coefficient (Wildman–Crippen LogP) is 3.34. The molecule has 122 valence electrons. The van der Waals surface area contributed by atoms with E-state index in [1.165, 1.54) is 13.8 Å². The minimum atomic E-state index is -0.232. The van der Waals surface area contributed by atoms with Crippen molar-refractivity contribution in [3.05, 3.63) is 0 Å². The van der Waals surface area contributed by atoms with Gasteiger partial charge in [-0.25, -0.2) is 0 Å². The smallest absolute Gasteiger partial charge is 0.302 e. The first kappa shape index (κ1) is 18.7. The summed E-state index contributed by atoms with van der Waals surface area (Å²) in [5, 5.41) is 0. The zero-order chi connectivity index (χ0) is 15.8. The van der Waals surface area contributed by atoms with Gasteiger partial charge in [-0.05, 0) is 30.3 Å². The summed E-state index contributed by atoms with van der Waals surface area (Å²) in [5.41, 5.74) is 0. The highest BCUT2D eigenvalue weighted by atomic mass is 32.2. The second-order valence-electron chi connectivity index (χ2n) is 5.12. The summed E-state index contributed by atoms with van der Waals surface area (Å²) in [6.07, 6.45) is 1.84. The highest BCUT2D eigenvalue weighted by Gasteiger charge is 2.48. The van der Waals surface area contributed by atoms with E-state index in [1.807, 2.05) is 23.5 Å². The molecule has 0 aromatic heterocycles. The molecular formula is C15H26O4S2. The molecule has 1 aliphatic rings. The van der Waals surface area contributed by atoms with Crippen molar-refractivity contribution in [1.82, 2.24) is 0 Å². The van der Waals surface area contributed by atoms with Gasteiger partial charge in [0.15, 0.2) is 0 Å². The van der Waals surface area contributed by atoms with Gasteiger partial charge in [-0.3, -0.25) is 9.59 Å². The largest absolute Gasteiger partial charge is 0.466 e. The molecule has 0 amide bonds. The molecule has 0 unspecified atom stereocenters. The molecule has 1 rings (SSSR count). The average Bonchev–Trinajstić information content (AvgIpc) is 3.12. The molecule has 0 N–H and O–H groups in total. The Morgan fingerprint density at radius 1 is 1.14 bits per heavy atom. The van der Waals surface area contributed by atoms with Gasteiger partial charge in [0, 0.05) is 19.8 Å². The molecule has 1 fully saturated rings. The van der Waals surface area contributed by atoms with E-state index < -0.39 is 0 Å². The average molecular weight is 335 g/mol. The van der Waals surface area contributed by atoms with Gasteiger partial charge >= 0.3 is 11.9 Å². The number of ether oxygens (including phenoxy) is 2. The standard InChI is InChI=1S/C15H26O4S2/c1-5-20-15(21-6-2)12(7-8-18-10(3)16)13-9-14(13)19-11(4)17/h12-15H,5-9H2,1-4H3/t12-,13-,14-/m1/s1. The van der Waals surface area contributed by atoms with E-state index in [0.717, 1.165) is 24.3 Å². The number of carbonyl (C=O) groups is 2. The number of thioether (sulfide) groups is 2. The van der Waals surface area contributed by atoms with Gasteiger partial charge in [0.1, 0.15) is 6.10 Å². The molecule has 0 bridgehead atoms. The SMILES string of the molecule is CCSC(SCC)[C@H](CCOC(C)=O)[C@H]1C[C@H]1OC(C)=O. The zero-order valence-electron chi connectivity index (χ0n) is 13.3. The summed E-state index contributed by atoms with van der Waals surface area (Å²) < 4.78 is 10.9. The van der Waals surface area contributed by atoms with Gasteiger partial charge in [-0.15, -0.1) is 23.5 Å². The number of carbonyl (C=O) groups excluding carboxylic acids is 2. The van der Waals surface area contributed by atoms with Gasteiger partial charge < -0.3 is 9.47 Å². The van der Waals surface area contributed by atoms with Crippen molar-refractivity contribution in [3.8, 4) is 0 Å². The van der Waals surface area contributed by atoms with Crippen LogP contribution in [0.2, 0.25) is 0 Å². The molecule has 0 aliphatic heterocycles. The third kappa shape index (κ3) is 6.96. The van der Waals surface area contributed by atoms with Gasteiger partial charge in [0.2, 0.25) is 0 Å². The van der Waals surface area contributed by atoms with Crippen molar-refractivity contribution < 1.29 is 19.1 Å². The minimum absolute atomic E-state index is 0.0576. The third-order valence-electron chi connectivity index (χ3n) is 3.41. The molecule has 3 atom stereocenters. The quantitative estimate of drug-likeness (QED) is 0.451. The van der Waals surface area contributed by atoms with E-state index in [0.29, 0.717) is 23.0 Å². The molecule has 0 radical (unpaired) electrons. The summed E-state index contributed by atoms with van der Waals surface area (Å²) >= 11 is 3.88. The molecule has 0 saturated heterocycles. The van der Waals surface area contributed by atoms with E-state index in [1.54, 1.807) is 0 Å². The number of hydrogen-bond acceptors (Lipinski definition) is 6. The Labute approximate surface area is 136 Å².